The molecule has 1 aromatic heterocycles. The van der Waals surface area contributed by atoms with E-state index in [9.17, 15) is 14.4 Å². The first-order valence-electron chi connectivity index (χ1n) is 9.30. The highest BCUT2D eigenvalue weighted by Crippen LogP contribution is 2.16. The van der Waals surface area contributed by atoms with Gasteiger partial charge in [0, 0.05) is 51.4 Å². The SMILES string of the molecule is CCOC(=O)N1CCN(C(=O)C[C@H]2C(=O)NCCN2Cc2ccoc2)CC1. The highest BCUT2D eigenvalue weighted by molar-refractivity contribution is 5.89. The zero-order valence-electron chi connectivity index (χ0n) is 15.6. The van der Waals surface area contributed by atoms with Crippen LogP contribution in [0.2, 0.25) is 0 Å². The third-order valence-corrected chi connectivity index (χ3v) is 4.93. The average molecular weight is 378 g/mol. The minimum absolute atomic E-state index is 0.0715. The van der Waals surface area contributed by atoms with Crippen LogP contribution in [-0.2, 0) is 20.9 Å². The van der Waals surface area contributed by atoms with E-state index < -0.39 is 6.04 Å². The van der Waals surface area contributed by atoms with Crippen molar-refractivity contribution < 1.29 is 23.5 Å². The number of piperazine rings is 2. The maximum atomic E-state index is 12.7. The Morgan fingerprint density at radius 2 is 1.96 bits per heavy atom. The summed E-state index contributed by atoms with van der Waals surface area (Å²) in [6, 6.07) is 1.37. The number of rotatable bonds is 5. The third kappa shape index (κ3) is 4.79. The maximum Gasteiger partial charge on any atom is 0.409 e. The molecule has 2 fully saturated rings. The fraction of sp³-hybridized carbons (Fsp3) is 0.611. The van der Waals surface area contributed by atoms with Crippen molar-refractivity contribution in [2.24, 2.45) is 0 Å². The predicted molar refractivity (Wildman–Crippen MR) is 95.7 cm³/mol. The molecule has 1 atom stereocenters. The van der Waals surface area contributed by atoms with Crippen molar-refractivity contribution in [2.45, 2.75) is 25.9 Å². The van der Waals surface area contributed by atoms with Crippen molar-refractivity contribution in [3.05, 3.63) is 24.2 Å². The molecule has 148 valence electrons. The first-order chi connectivity index (χ1) is 13.1. The van der Waals surface area contributed by atoms with Crippen molar-refractivity contribution in [2.75, 3.05) is 45.9 Å². The molecule has 0 spiro atoms. The third-order valence-electron chi connectivity index (χ3n) is 4.93. The van der Waals surface area contributed by atoms with Crippen LogP contribution < -0.4 is 5.32 Å². The Labute approximate surface area is 158 Å². The fourth-order valence-electron chi connectivity index (χ4n) is 3.44. The molecule has 2 aliphatic rings. The predicted octanol–water partition coefficient (Wildman–Crippen LogP) is 0.271. The van der Waals surface area contributed by atoms with E-state index in [1.807, 2.05) is 11.0 Å². The summed E-state index contributed by atoms with van der Waals surface area (Å²) in [6.07, 6.45) is 3.04. The van der Waals surface area contributed by atoms with Gasteiger partial charge in [0.15, 0.2) is 0 Å². The summed E-state index contributed by atoms with van der Waals surface area (Å²) in [7, 11) is 0. The number of carbonyl (C=O) groups excluding carboxylic acids is 3. The van der Waals surface area contributed by atoms with Crippen LogP contribution >= 0.6 is 0 Å². The van der Waals surface area contributed by atoms with E-state index in [1.165, 1.54) is 0 Å². The number of nitrogens with zero attached hydrogens (tertiary/aromatic N) is 3. The summed E-state index contributed by atoms with van der Waals surface area (Å²) < 4.78 is 10.1. The van der Waals surface area contributed by atoms with E-state index in [2.05, 4.69) is 5.32 Å². The lowest BCUT2D eigenvalue weighted by atomic mass is 10.1. The minimum atomic E-state index is -0.496. The van der Waals surface area contributed by atoms with Crippen LogP contribution in [0.1, 0.15) is 18.9 Å². The Hall–Kier alpha value is -2.55. The molecule has 0 bridgehead atoms. The Morgan fingerprint density at radius 1 is 1.22 bits per heavy atom. The van der Waals surface area contributed by atoms with Gasteiger partial charge in [-0.2, -0.15) is 0 Å². The van der Waals surface area contributed by atoms with Gasteiger partial charge in [-0.3, -0.25) is 14.5 Å². The lowest BCUT2D eigenvalue weighted by Crippen LogP contribution is -2.57. The topological polar surface area (TPSA) is 95.3 Å². The summed E-state index contributed by atoms with van der Waals surface area (Å²) in [5.74, 6) is -0.194. The summed E-state index contributed by atoms with van der Waals surface area (Å²) in [6.45, 7) is 5.72. The molecule has 0 aliphatic carbocycles. The highest BCUT2D eigenvalue weighted by atomic mass is 16.6. The normalized spacial score (nSPS) is 21.1. The number of furan rings is 1. The monoisotopic (exact) mass is 378 g/mol. The molecule has 0 unspecified atom stereocenters. The Morgan fingerprint density at radius 3 is 2.63 bits per heavy atom. The molecule has 3 amide bonds. The fourth-order valence-corrected chi connectivity index (χ4v) is 3.44. The van der Waals surface area contributed by atoms with E-state index in [4.69, 9.17) is 9.15 Å². The van der Waals surface area contributed by atoms with E-state index in [0.29, 0.717) is 52.4 Å². The summed E-state index contributed by atoms with van der Waals surface area (Å²) in [5, 5.41) is 2.84. The molecular weight excluding hydrogens is 352 g/mol. The number of amides is 3. The van der Waals surface area contributed by atoms with Gasteiger partial charge in [0.05, 0.1) is 31.6 Å². The molecule has 2 aliphatic heterocycles. The summed E-state index contributed by atoms with van der Waals surface area (Å²) >= 11 is 0. The lowest BCUT2D eigenvalue weighted by molar-refractivity contribution is -0.140. The molecule has 0 radical (unpaired) electrons. The molecule has 9 nitrogen and oxygen atoms in total. The van der Waals surface area contributed by atoms with Gasteiger partial charge in [-0.15, -0.1) is 0 Å². The van der Waals surface area contributed by atoms with E-state index in [0.717, 1.165) is 5.56 Å². The second kappa shape index (κ2) is 8.90. The zero-order valence-corrected chi connectivity index (χ0v) is 15.6. The van der Waals surface area contributed by atoms with Crippen molar-refractivity contribution in [1.29, 1.82) is 0 Å². The Bertz CT molecular complexity index is 655. The molecule has 9 heteroatoms. The molecule has 0 saturated carbocycles. The van der Waals surface area contributed by atoms with Gasteiger partial charge in [-0.05, 0) is 13.0 Å². The van der Waals surface area contributed by atoms with Crippen molar-refractivity contribution in [1.82, 2.24) is 20.0 Å². The van der Waals surface area contributed by atoms with Gasteiger partial charge < -0.3 is 24.3 Å². The number of nitrogens with one attached hydrogen (secondary N) is 1. The van der Waals surface area contributed by atoms with Crippen LogP contribution in [0.25, 0.3) is 0 Å². The first kappa shape index (κ1) is 19.2. The summed E-state index contributed by atoms with van der Waals surface area (Å²) in [4.78, 5) is 42.2. The average Bonchev–Trinajstić information content (AvgIpc) is 3.18. The smallest absolute Gasteiger partial charge is 0.409 e. The lowest BCUT2D eigenvalue weighted by Gasteiger charge is -2.37. The Kier molecular flexibility index (Phi) is 6.33. The van der Waals surface area contributed by atoms with E-state index >= 15 is 0 Å². The molecule has 1 aromatic rings. The number of hydrogen-bond donors (Lipinski definition) is 1. The van der Waals surface area contributed by atoms with Crippen molar-refractivity contribution in [3.63, 3.8) is 0 Å². The molecule has 3 heterocycles. The standard InChI is InChI=1S/C18H26N4O5/c1-2-27-18(25)21-8-6-20(7-9-21)16(23)11-15-17(24)19-4-5-22(15)12-14-3-10-26-13-14/h3,10,13,15H,2,4-9,11-12H2,1H3,(H,19,24)/t15-/m0/s1. The molecular formula is C18H26N4O5. The Balaban J connectivity index is 1.55. The van der Waals surface area contributed by atoms with Crippen LogP contribution in [0.4, 0.5) is 4.79 Å². The zero-order chi connectivity index (χ0) is 19.2. The van der Waals surface area contributed by atoms with Gasteiger partial charge in [-0.1, -0.05) is 0 Å². The van der Waals surface area contributed by atoms with Crippen LogP contribution in [0.5, 0.6) is 0 Å². The first-order valence-corrected chi connectivity index (χ1v) is 9.30. The number of carbonyl (C=O) groups is 3. The number of hydrogen-bond acceptors (Lipinski definition) is 6. The van der Waals surface area contributed by atoms with Crippen LogP contribution in [0.15, 0.2) is 23.0 Å². The molecule has 27 heavy (non-hydrogen) atoms. The second-order valence-electron chi connectivity index (χ2n) is 6.68. The van der Waals surface area contributed by atoms with Gasteiger partial charge in [0.25, 0.3) is 0 Å². The van der Waals surface area contributed by atoms with Crippen LogP contribution in [0.3, 0.4) is 0 Å². The van der Waals surface area contributed by atoms with Gasteiger partial charge in [0.2, 0.25) is 11.8 Å². The molecule has 0 aromatic carbocycles. The van der Waals surface area contributed by atoms with Gasteiger partial charge in [0.1, 0.15) is 0 Å². The van der Waals surface area contributed by atoms with Crippen molar-refractivity contribution in [3.8, 4) is 0 Å². The van der Waals surface area contributed by atoms with Crippen LogP contribution in [0, 0.1) is 0 Å². The highest BCUT2D eigenvalue weighted by Gasteiger charge is 2.34. The summed E-state index contributed by atoms with van der Waals surface area (Å²) in [5.41, 5.74) is 0.977. The molecule has 1 N–H and O–H groups in total. The van der Waals surface area contributed by atoms with E-state index in [1.54, 1.807) is 29.2 Å². The molecule has 2 saturated heterocycles. The number of ether oxygens (including phenoxy) is 1. The molecule has 3 rings (SSSR count). The van der Waals surface area contributed by atoms with E-state index in [-0.39, 0.29) is 24.3 Å². The second-order valence-corrected chi connectivity index (χ2v) is 6.68. The maximum absolute atomic E-state index is 12.7. The quantitative estimate of drug-likeness (QED) is 0.790. The van der Waals surface area contributed by atoms with Gasteiger partial charge >= 0.3 is 6.09 Å². The minimum Gasteiger partial charge on any atom is -0.472 e. The largest absolute Gasteiger partial charge is 0.472 e. The van der Waals surface area contributed by atoms with Crippen LogP contribution in [-0.4, -0.2) is 84.5 Å². The van der Waals surface area contributed by atoms with Gasteiger partial charge in [-0.25, -0.2) is 4.79 Å². The van der Waals surface area contributed by atoms with Crippen molar-refractivity contribution >= 4 is 17.9 Å².